The van der Waals surface area contributed by atoms with E-state index in [1.165, 1.54) is 0 Å². The molecule has 2 N–H and O–H groups in total. The number of para-hydroxylation sites is 1. The third-order valence-electron chi connectivity index (χ3n) is 7.63. The molecule has 1 aliphatic carbocycles. The number of carbonyl (C=O) groups excluding carboxylic acids is 1. The van der Waals surface area contributed by atoms with Crippen molar-refractivity contribution >= 4 is 40.1 Å². The zero-order chi connectivity index (χ0) is 27.2. The molecule has 202 valence electrons. The van der Waals surface area contributed by atoms with Crippen LogP contribution in [-0.4, -0.2) is 42.8 Å². The van der Waals surface area contributed by atoms with Gasteiger partial charge < -0.3 is 15.5 Å². The molecule has 1 heterocycles. The van der Waals surface area contributed by atoms with E-state index in [9.17, 15) is 4.79 Å². The van der Waals surface area contributed by atoms with E-state index in [0.717, 1.165) is 65.0 Å². The van der Waals surface area contributed by atoms with Gasteiger partial charge in [-0.15, -0.1) is 11.8 Å². The summed E-state index contributed by atoms with van der Waals surface area (Å²) in [4.78, 5) is 21.2. The SMILES string of the molecule is CCSC(C(=O)N[C@H]1CC[C@@H](Nc2cc(N(C)C)c3ccccc3n2)CC1)(c1ccccc1)c1ccccc1. The Labute approximate surface area is 236 Å². The highest BCUT2D eigenvalue weighted by molar-refractivity contribution is 8.01. The molecule has 0 radical (unpaired) electrons. The number of nitrogens with zero attached hydrogens (tertiary/aromatic N) is 2. The average molecular weight is 539 g/mol. The Morgan fingerprint density at radius 2 is 1.44 bits per heavy atom. The van der Waals surface area contributed by atoms with E-state index in [1.807, 2.05) is 42.5 Å². The fourth-order valence-corrected chi connectivity index (χ4v) is 6.93. The van der Waals surface area contributed by atoms with Crippen molar-refractivity contribution in [2.24, 2.45) is 0 Å². The van der Waals surface area contributed by atoms with E-state index in [1.54, 1.807) is 11.8 Å². The molecule has 6 heteroatoms. The van der Waals surface area contributed by atoms with E-state index in [-0.39, 0.29) is 11.9 Å². The Hall–Kier alpha value is -3.51. The van der Waals surface area contributed by atoms with Crippen LogP contribution in [0.3, 0.4) is 0 Å². The summed E-state index contributed by atoms with van der Waals surface area (Å²) in [5.41, 5.74) is 4.21. The lowest BCUT2D eigenvalue weighted by molar-refractivity contribution is -0.123. The highest BCUT2D eigenvalue weighted by Gasteiger charge is 2.43. The molecule has 4 aromatic rings. The van der Waals surface area contributed by atoms with Crippen LogP contribution in [0.1, 0.15) is 43.7 Å². The zero-order valence-corrected chi connectivity index (χ0v) is 23.9. The summed E-state index contributed by atoms with van der Waals surface area (Å²) in [5, 5.41) is 8.31. The van der Waals surface area contributed by atoms with Crippen molar-refractivity contribution < 1.29 is 4.79 Å². The predicted octanol–water partition coefficient (Wildman–Crippen LogP) is 6.84. The number of fused-ring (bicyclic) bond motifs is 1. The maximum atomic E-state index is 14.2. The number of nitrogens with one attached hydrogen (secondary N) is 2. The molecule has 5 rings (SSSR count). The first-order chi connectivity index (χ1) is 19.0. The van der Waals surface area contributed by atoms with Gasteiger partial charge in [0.25, 0.3) is 0 Å². The molecule has 39 heavy (non-hydrogen) atoms. The highest BCUT2D eigenvalue weighted by Crippen LogP contribution is 2.43. The third-order valence-corrected chi connectivity index (χ3v) is 9.01. The lowest BCUT2D eigenvalue weighted by Crippen LogP contribution is -2.49. The molecule has 3 aromatic carbocycles. The summed E-state index contributed by atoms with van der Waals surface area (Å²) in [6.07, 6.45) is 3.85. The second kappa shape index (κ2) is 12.1. The van der Waals surface area contributed by atoms with Crippen molar-refractivity contribution in [1.82, 2.24) is 10.3 Å². The highest BCUT2D eigenvalue weighted by atomic mass is 32.2. The van der Waals surface area contributed by atoms with Gasteiger partial charge >= 0.3 is 0 Å². The molecule has 0 saturated heterocycles. The van der Waals surface area contributed by atoms with Crippen LogP contribution in [0.4, 0.5) is 11.5 Å². The van der Waals surface area contributed by atoms with Crippen LogP contribution in [0.5, 0.6) is 0 Å². The van der Waals surface area contributed by atoms with Crippen molar-refractivity contribution in [3.05, 3.63) is 102 Å². The predicted molar refractivity (Wildman–Crippen MR) is 166 cm³/mol. The standard InChI is InChI=1S/C33H38N4OS/c1-4-39-33(24-13-7-5-8-14-24,25-15-9-6-10-16-25)32(38)35-27-21-19-26(20-22-27)34-31-23-30(37(2)3)28-17-11-12-18-29(28)36-31/h5-18,23,26-27H,4,19-22H2,1-3H3,(H,34,36)(H,35,38)/t26-,27+. The Bertz CT molecular complexity index is 1350. The molecule has 0 aliphatic heterocycles. The Kier molecular flexibility index (Phi) is 8.41. The first-order valence-electron chi connectivity index (χ1n) is 13.9. The van der Waals surface area contributed by atoms with Gasteiger partial charge in [-0.2, -0.15) is 0 Å². The van der Waals surface area contributed by atoms with Gasteiger partial charge in [0.1, 0.15) is 10.6 Å². The van der Waals surface area contributed by atoms with Crippen molar-refractivity contribution in [2.45, 2.75) is 49.4 Å². The summed E-state index contributed by atoms with van der Waals surface area (Å²) >= 11 is 1.70. The number of hydrogen-bond donors (Lipinski definition) is 2. The quantitative estimate of drug-likeness (QED) is 0.244. The van der Waals surface area contributed by atoms with Crippen LogP contribution in [0.2, 0.25) is 0 Å². The van der Waals surface area contributed by atoms with E-state index in [2.05, 4.69) is 85.1 Å². The van der Waals surface area contributed by atoms with Crippen LogP contribution >= 0.6 is 11.8 Å². The van der Waals surface area contributed by atoms with Gasteiger partial charge in [-0.05, 0) is 48.6 Å². The monoisotopic (exact) mass is 538 g/mol. The molecule has 0 spiro atoms. The lowest BCUT2D eigenvalue weighted by Gasteiger charge is -2.36. The minimum Gasteiger partial charge on any atom is -0.377 e. The minimum absolute atomic E-state index is 0.0787. The van der Waals surface area contributed by atoms with Crippen molar-refractivity contribution in [3.8, 4) is 0 Å². The molecular formula is C33H38N4OS. The number of pyridine rings is 1. The molecule has 1 aliphatic rings. The molecule has 5 nitrogen and oxygen atoms in total. The van der Waals surface area contributed by atoms with Crippen LogP contribution < -0.4 is 15.5 Å². The average Bonchev–Trinajstić information content (AvgIpc) is 2.97. The van der Waals surface area contributed by atoms with E-state index in [4.69, 9.17) is 4.98 Å². The third kappa shape index (κ3) is 5.76. The van der Waals surface area contributed by atoms with E-state index < -0.39 is 4.75 Å². The number of carbonyl (C=O) groups is 1. The van der Waals surface area contributed by atoms with Crippen LogP contribution in [0, 0.1) is 0 Å². The second-order valence-corrected chi connectivity index (χ2v) is 11.9. The maximum Gasteiger partial charge on any atom is 0.245 e. The first kappa shape index (κ1) is 27.1. The smallest absolute Gasteiger partial charge is 0.245 e. The topological polar surface area (TPSA) is 57.3 Å². The number of benzene rings is 3. The fraction of sp³-hybridized carbons (Fsp3) is 0.333. The van der Waals surface area contributed by atoms with Gasteiger partial charge in [0.15, 0.2) is 0 Å². The summed E-state index contributed by atoms with van der Waals surface area (Å²) in [6, 6.07) is 31.3. The van der Waals surface area contributed by atoms with Crippen LogP contribution in [0.25, 0.3) is 10.9 Å². The minimum atomic E-state index is -0.774. The number of rotatable bonds is 9. The van der Waals surface area contributed by atoms with Gasteiger partial charge in [0.05, 0.1) is 5.52 Å². The first-order valence-corrected chi connectivity index (χ1v) is 14.9. The van der Waals surface area contributed by atoms with Crippen molar-refractivity contribution in [1.29, 1.82) is 0 Å². The molecular weight excluding hydrogens is 500 g/mol. The van der Waals surface area contributed by atoms with Crippen LogP contribution in [-0.2, 0) is 9.54 Å². The molecule has 0 unspecified atom stereocenters. The molecule has 1 saturated carbocycles. The molecule has 0 bridgehead atoms. The summed E-state index contributed by atoms with van der Waals surface area (Å²) < 4.78 is -0.774. The maximum absolute atomic E-state index is 14.2. The number of hydrogen-bond acceptors (Lipinski definition) is 5. The van der Waals surface area contributed by atoms with E-state index >= 15 is 0 Å². The van der Waals surface area contributed by atoms with Gasteiger partial charge in [0, 0.05) is 43.3 Å². The Balaban J connectivity index is 1.30. The second-order valence-electron chi connectivity index (χ2n) is 10.5. The van der Waals surface area contributed by atoms with Crippen molar-refractivity contribution in [3.63, 3.8) is 0 Å². The van der Waals surface area contributed by atoms with Gasteiger partial charge in [0.2, 0.25) is 5.91 Å². The number of thioether (sulfide) groups is 1. The molecule has 1 fully saturated rings. The number of anilines is 2. The van der Waals surface area contributed by atoms with Crippen molar-refractivity contribution in [2.75, 3.05) is 30.1 Å². The molecule has 0 atom stereocenters. The summed E-state index contributed by atoms with van der Waals surface area (Å²) in [5.74, 6) is 1.83. The number of amides is 1. The molecule has 1 amide bonds. The van der Waals surface area contributed by atoms with Gasteiger partial charge in [-0.3, -0.25) is 4.79 Å². The largest absolute Gasteiger partial charge is 0.377 e. The Morgan fingerprint density at radius 1 is 0.872 bits per heavy atom. The van der Waals surface area contributed by atoms with Gasteiger partial charge in [-0.1, -0.05) is 85.8 Å². The van der Waals surface area contributed by atoms with Gasteiger partial charge in [-0.25, -0.2) is 4.98 Å². The fourth-order valence-electron chi connectivity index (χ4n) is 5.70. The molecule has 1 aromatic heterocycles. The Morgan fingerprint density at radius 3 is 2.03 bits per heavy atom. The van der Waals surface area contributed by atoms with Crippen LogP contribution in [0.15, 0.2) is 91.0 Å². The summed E-state index contributed by atoms with van der Waals surface area (Å²) in [6.45, 7) is 2.12. The normalized spacial score (nSPS) is 17.5. The zero-order valence-electron chi connectivity index (χ0n) is 23.1. The van der Waals surface area contributed by atoms with E-state index in [0.29, 0.717) is 6.04 Å². The lowest BCUT2D eigenvalue weighted by atomic mass is 9.87. The summed E-state index contributed by atoms with van der Waals surface area (Å²) in [7, 11) is 4.14. The number of aromatic nitrogens is 1.